The number of carbonyl (C=O) groups is 1. The molecule has 3 aromatic carbocycles. The van der Waals surface area contributed by atoms with Gasteiger partial charge in [-0.1, -0.05) is 95.4 Å². The van der Waals surface area contributed by atoms with Gasteiger partial charge in [0.2, 0.25) is 0 Å². The lowest BCUT2D eigenvalue weighted by Gasteiger charge is -2.14. The number of Topliss-reactive ketones (excluding diaryl/α,β-unsaturated/α-hetero) is 1. The van der Waals surface area contributed by atoms with E-state index in [-0.39, 0.29) is 33.8 Å². The van der Waals surface area contributed by atoms with Crippen LogP contribution in [0.2, 0.25) is 0 Å². The Balaban J connectivity index is 1.63. The van der Waals surface area contributed by atoms with Crippen molar-refractivity contribution in [2.45, 2.75) is 84.0 Å². The van der Waals surface area contributed by atoms with E-state index in [1.54, 1.807) is 24.3 Å². The monoisotopic (exact) mass is 436 g/mol. The molecular formula is C28H36O4. The molecule has 0 atom stereocenters. The molecule has 3 rings (SSSR count). The number of benzene rings is 3. The van der Waals surface area contributed by atoms with Crippen LogP contribution in [0.15, 0.2) is 36.4 Å². The molecule has 0 fully saturated rings. The number of unbranched alkanes of at least 4 members (excludes halogenated alkanes) is 10. The van der Waals surface area contributed by atoms with Crippen molar-refractivity contribution < 1.29 is 20.1 Å². The summed E-state index contributed by atoms with van der Waals surface area (Å²) < 4.78 is 0. The minimum atomic E-state index is -0.197. The van der Waals surface area contributed by atoms with Crippen molar-refractivity contribution in [3.8, 4) is 17.2 Å². The fraction of sp³-hybridized carbons (Fsp3) is 0.464. The molecule has 172 valence electrons. The van der Waals surface area contributed by atoms with Crippen LogP contribution in [0, 0.1) is 0 Å². The van der Waals surface area contributed by atoms with Crippen LogP contribution >= 0.6 is 0 Å². The summed E-state index contributed by atoms with van der Waals surface area (Å²) >= 11 is 0. The maximum absolute atomic E-state index is 13.2. The summed E-state index contributed by atoms with van der Waals surface area (Å²) in [5.74, 6) is -0.424. The molecule has 0 spiro atoms. The number of ketones is 1. The zero-order chi connectivity index (χ0) is 22.9. The number of fused-ring (bicyclic) bond motifs is 2. The van der Waals surface area contributed by atoms with Gasteiger partial charge in [-0.05, 0) is 18.6 Å². The summed E-state index contributed by atoms with van der Waals surface area (Å²) in [5.41, 5.74) is 0.465. The normalized spacial score (nSPS) is 11.4. The molecule has 32 heavy (non-hydrogen) atoms. The zero-order valence-corrected chi connectivity index (χ0v) is 19.2. The lowest BCUT2D eigenvalue weighted by atomic mass is 9.90. The van der Waals surface area contributed by atoms with Gasteiger partial charge in [0.1, 0.15) is 17.2 Å². The Kier molecular flexibility index (Phi) is 8.78. The third kappa shape index (κ3) is 5.53. The first kappa shape index (κ1) is 23.9. The lowest BCUT2D eigenvalue weighted by molar-refractivity contribution is 0.0982. The van der Waals surface area contributed by atoms with Crippen LogP contribution in [0.3, 0.4) is 0 Å². The molecule has 0 amide bonds. The molecule has 0 saturated heterocycles. The summed E-state index contributed by atoms with van der Waals surface area (Å²) in [4.78, 5) is 13.2. The predicted molar refractivity (Wildman–Crippen MR) is 132 cm³/mol. The molecular weight excluding hydrogens is 400 g/mol. The minimum absolute atomic E-state index is 0.0212. The second-order valence-corrected chi connectivity index (χ2v) is 8.83. The van der Waals surface area contributed by atoms with Crippen LogP contribution in [-0.2, 0) is 0 Å². The molecule has 0 saturated carbocycles. The van der Waals surface area contributed by atoms with Crippen molar-refractivity contribution >= 4 is 27.3 Å². The van der Waals surface area contributed by atoms with Gasteiger partial charge >= 0.3 is 0 Å². The van der Waals surface area contributed by atoms with Crippen molar-refractivity contribution in [1.29, 1.82) is 0 Å². The molecule has 3 aromatic rings. The highest BCUT2D eigenvalue weighted by atomic mass is 16.3. The zero-order valence-electron chi connectivity index (χ0n) is 19.2. The number of phenolic OH excluding ortho intramolecular Hbond substituents is 3. The number of phenols is 3. The van der Waals surface area contributed by atoms with Gasteiger partial charge in [0.25, 0.3) is 0 Å². The molecule has 0 aliphatic rings. The average Bonchev–Trinajstić information content (AvgIpc) is 2.77. The van der Waals surface area contributed by atoms with Gasteiger partial charge < -0.3 is 15.3 Å². The Morgan fingerprint density at radius 2 is 1.09 bits per heavy atom. The Hall–Kier alpha value is -2.75. The van der Waals surface area contributed by atoms with Crippen molar-refractivity contribution in [2.75, 3.05) is 0 Å². The van der Waals surface area contributed by atoms with Crippen molar-refractivity contribution in [3.05, 3.63) is 42.0 Å². The van der Waals surface area contributed by atoms with E-state index < -0.39 is 0 Å². The SMILES string of the molecule is CCCCCCCCCCCCCC(=O)c1c2cccc(O)c2c(O)c2c(O)cccc12. The Labute approximate surface area is 190 Å². The van der Waals surface area contributed by atoms with E-state index in [0.29, 0.717) is 22.8 Å². The van der Waals surface area contributed by atoms with E-state index in [1.165, 1.54) is 63.5 Å². The fourth-order valence-electron chi connectivity index (χ4n) is 4.64. The quantitative estimate of drug-likeness (QED) is 0.144. The molecule has 4 nitrogen and oxygen atoms in total. The third-order valence-corrected chi connectivity index (χ3v) is 6.38. The first-order valence-corrected chi connectivity index (χ1v) is 12.2. The molecule has 0 unspecified atom stereocenters. The number of carbonyl (C=O) groups excluding carboxylic acids is 1. The van der Waals surface area contributed by atoms with Crippen molar-refractivity contribution in [3.63, 3.8) is 0 Å². The smallest absolute Gasteiger partial charge is 0.164 e. The van der Waals surface area contributed by atoms with Gasteiger partial charge in [-0.3, -0.25) is 4.79 Å². The first-order valence-electron chi connectivity index (χ1n) is 12.2. The maximum Gasteiger partial charge on any atom is 0.164 e. The van der Waals surface area contributed by atoms with E-state index in [1.807, 2.05) is 0 Å². The van der Waals surface area contributed by atoms with E-state index in [0.717, 1.165) is 19.3 Å². The molecule has 0 aliphatic heterocycles. The largest absolute Gasteiger partial charge is 0.507 e. The van der Waals surface area contributed by atoms with Crippen LogP contribution in [0.1, 0.15) is 94.3 Å². The van der Waals surface area contributed by atoms with Crippen LogP contribution in [0.4, 0.5) is 0 Å². The van der Waals surface area contributed by atoms with Gasteiger partial charge in [-0.25, -0.2) is 0 Å². The maximum atomic E-state index is 13.2. The van der Waals surface area contributed by atoms with Gasteiger partial charge in [0.05, 0.1) is 10.8 Å². The van der Waals surface area contributed by atoms with Crippen LogP contribution < -0.4 is 0 Å². The predicted octanol–water partition coefficient (Wildman–Crippen LogP) is 7.99. The van der Waals surface area contributed by atoms with Gasteiger partial charge in [0.15, 0.2) is 5.78 Å². The van der Waals surface area contributed by atoms with Gasteiger partial charge in [-0.15, -0.1) is 0 Å². The molecule has 0 radical (unpaired) electrons. The average molecular weight is 437 g/mol. The van der Waals surface area contributed by atoms with Crippen LogP contribution in [0.25, 0.3) is 21.5 Å². The molecule has 4 heteroatoms. The number of rotatable bonds is 13. The molecule has 3 N–H and O–H groups in total. The number of hydrogen-bond donors (Lipinski definition) is 3. The molecule has 0 bridgehead atoms. The highest BCUT2D eigenvalue weighted by Crippen LogP contribution is 2.45. The summed E-state index contributed by atoms with van der Waals surface area (Å²) in [7, 11) is 0. The number of aromatic hydroxyl groups is 3. The van der Waals surface area contributed by atoms with Crippen molar-refractivity contribution in [2.24, 2.45) is 0 Å². The number of hydrogen-bond acceptors (Lipinski definition) is 4. The van der Waals surface area contributed by atoms with E-state index in [4.69, 9.17) is 0 Å². The standard InChI is InChI=1S/C28H36O4/c1-2-3-4-5-6-7-8-9-10-11-12-17-22(29)25-20-15-13-18-23(30)26(20)28(32)27-21(25)16-14-19-24(27)31/h13-16,18-19,30-32H,2-12,17H2,1H3. The second-order valence-electron chi connectivity index (χ2n) is 8.83. The van der Waals surface area contributed by atoms with Crippen LogP contribution in [0.5, 0.6) is 17.2 Å². The lowest BCUT2D eigenvalue weighted by Crippen LogP contribution is -2.02. The van der Waals surface area contributed by atoms with Crippen molar-refractivity contribution in [1.82, 2.24) is 0 Å². The third-order valence-electron chi connectivity index (χ3n) is 6.38. The summed E-state index contributed by atoms with van der Waals surface area (Å²) in [6, 6.07) is 9.78. The minimum Gasteiger partial charge on any atom is -0.507 e. The first-order chi connectivity index (χ1) is 15.6. The topological polar surface area (TPSA) is 77.8 Å². The van der Waals surface area contributed by atoms with Crippen LogP contribution in [-0.4, -0.2) is 21.1 Å². The highest BCUT2D eigenvalue weighted by Gasteiger charge is 2.21. The van der Waals surface area contributed by atoms with E-state index >= 15 is 0 Å². The molecule has 0 aromatic heterocycles. The Bertz CT molecular complexity index is 991. The Morgan fingerprint density at radius 1 is 0.656 bits per heavy atom. The summed E-state index contributed by atoms with van der Waals surface area (Å²) in [5, 5.41) is 32.9. The second kappa shape index (κ2) is 11.8. The summed E-state index contributed by atoms with van der Waals surface area (Å²) in [6.45, 7) is 2.24. The summed E-state index contributed by atoms with van der Waals surface area (Å²) in [6.07, 6.45) is 13.9. The fourth-order valence-corrected chi connectivity index (χ4v) is 4.64. The van der Waals surface area contributed by atoms with Gasteiger partial charge in [-0.2, -0.15) is 0 Å². The van der Waals surface area contributed by atoms with Gasteiger partial charge in [0, 0.05) is 22.8 Å². The molecule has 0 aliphatic carbocycles. The van der Waals surface area contributed by atoms with E-state index in [9.17, 15) is 20.1 Å². The van der Waals surface area contributed by atoms with E-state index in [2.05, 4.69) is 6.92 Å². The highest BCUT2D eigenvalue weighted by molar-refractivity contribution is 6.23. The molecule has 0 heterocycles. The Morgan fingerprint density at radius 3 is 1.56 bits per heavy atom.